The number of nitrogens with zero attached hydrogens (tertiary/aromatic N) is 4. The number of amides is 1. The predicted molar refractivity (Wildman–Crippen MR) is 145 cm³/mol. The van der Waals surface area contributed by atoms with E-state index in [0.29, 0.717) is 0 Å². The van der Waals surface area contributed by atoms with E-state index in [0.717, 1.165) is 58.5 Å². The zero-order valence-corrected chi connectivity index (χ0v) is 20.9. The van der Waals surface area contributed by atoms with Gasteiger partial charge in [0.05, 0.1) is 6.04 Å². The van der Waals surface area contributed by atoms with Crippen molar-refractivity contribution in [2.75, 3.05) is 46.8 Å². The van der Waals surface area contributed by atoms with Gasteiger partial charge in [0.2, 0.25) is 6.41 Å². The number of hydrogen-bond donors (Lipinski definition) is 0. The zero-order valence-electron chi connectivity index (χ0n) is 20.9. The molecule has 35 heavy (non-hydrogen) atoms. The molecule has 1 atom stereocenters. The van der Waals surface area contributed by atoms with Crippen LogP contribution in [0.25, 0.3) is 21.8 Å². The van der Waals surface area contributed by atoms with Crippen molar-refractivity contribution in [3.63, 3.8) is 0 Å². The van der Waals surface area contributed by atoms with E-state index in [4.69, 9.17) is 0 Å². The SMILES string of the molecule is CN(C)CCCn1c2ccccc2c2ccc(C3CN(CCc4ccccc4)CCN3C=O)cc21. The standard InChI is InChI=1S/C30H36N4O/c1-31(2)16-8-17-34-28-12-7-6-11-26(28)27-14-13-25(21-29(27)34)30-22-32(19-20-33(30)23-35)18-15-24-9-4-3-5-10-24/h3-7,9-14,21,23,30H,8,15-20,22H2,1-2H3. The van der Waals surface area contributed by atoms with Crippen molar-refractivity contribution in [3.05, 3.63) is 83.9 Å². The van der Waals surface area contributed by atoms with E-state index < -0.39 is 0 Å². The first-order chi connectivity index (χ1) is 17.1. The van der Waals surface area contributed by atoms with Crippen LogP contribution in [0.3, 0.4) is 0 Å². The van der Waals surface area contributed by atoms with Gasteiger partial charge in [0.15, 0.2) is 0 Å². The molecule has 3 aromatic carbocycles. The molecule has 5 heteroatoms. The Kier molecular flexibility index (Phi) is 7.16. The molecule has 0 bridgehead atoms. The number of hydrogen-bond acceptors (Lipinski definition) is 3. The fourth-order valence-corrected chi connectivity index (χ4v) is 5.47. The molecular formula is C30H36N4O. The summed E-state index contributed by atoms with van der Waals surface area (Å²) in [6.45, 7) is 5.63. The van der Waals surface area contributed by atoms with Crippen LogP contribution < -0.4 is 0 Å². The first-order valence-electron chi connectivity index (χ1n) is 12.8. The molecule has 5 nitrogen and oxygen atoms in total. The van der Waals surface area contributed by atoms with Crippen LogP contribution in [0.2, 0.25) is 0 Å². The molecule has 4 aromatic rings. The summed E-state index contributed by atoms with van der Waals surface area (Å²) in [5, 5.41) is 2.60. The topological polar surface area (TPSA) is 31.7 Å². The van der Waals surface area contributed by atoms with E-state index in [9.17, 15) is 4.79 Å². The maximum atomic E-state index is 12.0. The Bertz CT molecular complexity index is 1280. The molecule has 0 radical (unpaired) electrons. The highest BCUT2D eigenvalue weighted by molar-refractivity contribution is 6.08. The summed E-state index contributed by atoms with van der Waals surface area (Å²) in [6, 6.07) is 26.3. The van der Waals surface area contributed by atoms with Gasteiger partial charge in [0, 0.05) is 54.5 Å². The molecule has 5 rings (SSSR count). The van der Waals surface area contributed by atoms with Gasteiger partial charge in [0.1, 0.15) is 0 Å². The Hall–Kier alpha value is -3.15. The van der Waals surface area contributed by atoms with Gasteiger partial charge in [-0.25, -0.2) is 0 Å². The van der Waals surface area contributed by atoms with E-state index >= 15 is 0 Å². The highest BCUT2D eigenvalue weighted by atomic mass is 16.1. The van der Waals surface area contributed by atoms with Crippen LogP contribution in [0.1, 0.15) is 23.6 Å². The number of carbonyl (C=O) groups is 1. The van der Waals surface area contributed by atoms with Crippen molar-refractivity contribution in [3.8, 4) is 0 Å². The van der Waals surface area contributed by atoms with Crippen molar-refractivity contribution in [1.29, 1.82) is 0 Å². The fourth-order valence-electron chi connectivity index (χ4n) is 5.47. The number of para-hydroxylation sites is 1. The number of fused-ring (bicyclic) bond motifs is 3. The van der Waals surface area contributed by atoms with E-state index in [-0.39, 0.29) is 6.04 Å². The fraction of sp³-hybridized carbons (Fsp3) is 0.367. The van der Waals surface area contributed by atoms with Crippen LogP contribution in [-0.2, 0) is 17.8 Å². The molecule has 0 aliphatic carbocycles. The monoisotopic (exact) mass is 468 g/mol. The molecule has 1 fully saturated rings. The molecule has 1 saturated heterocycles. The van der Waals surface area contributed by atoms with Gasteiger partial charge in [-0.2, -0.15) is 0 Å². The third kappa shape index (κ3) is 5.12. The van der Waals surface area contributed by atoms with Gasteiger partial charge in [0.25, 0.3) is 0 Å². The molecule has 1 amide bonds. The Morgan fingerprint density at radius 2 is 1.66 bits per heavy atom. The first-order valence-corrected chi connectivity index (χ1v) is 12.8. The Balaban J connectivity index is 1.43. The maximum absolute atomic E-state index is 12.0. The number of benzene rings is 3. The number of rotatable bonds is 9. The summed E-state index contributed by atoms with van der Waals surface area (Å²) in [5.74, 6) is 0. The smallest absolute Gasteiger partial charge is 0.210 e. The second-order valence-corrected chi connectivity index (χ2v) is 10.00. The van der Waals surface area contributed by atoms with Crippen molar-refractivity contribution < 1.29 is 4.79 Å². The summed E-state index contributed by atoms with van der Waals surface area (Å²) in [7, 11) is 4.26. The Labute approximate surface area is 208 Å². The molecule has 0 spiro atoms. The van der Waals surface area contributed by atoms with Crippen LogP contribution in [0.5, 0.6) is 0 Å². The van der Waals surface area contributed by atoms with Crippen LogP contribution >= 0.6 is 0 Å². The second-order valence-electron chi connectivity index (χ2n) is 10.00. The first kappa shape index (κ1) is 23.6. The highest BCUT2D eigenvalue weighted by Gasteiger charge is 2.27. The van der Waals surface area contributed by atoms with Crippen molar-refractivity contribution in [1.82, 2.24) is 19.3 Å². The summed E-state index contributed by atoms with van der Waals surface area (Å²) < 4.78 is 2.47. The predicted octanol–water partition coefficient (Wildman–Crippen LogP) is 4.80. The van der Waals surface area contributed by atoms with Crippen molar-refractivity contribution in [2.24, 2.45) is 0 Å². The lowest BCUT2D eigenvalue weighted by molar-refractivity contribution is -0.122. The van der Waals surface area contributed by atoms with E-state index in [2.05, 4.69) is 101 Å². The lowest BCUT2D eigenvalue weighted by Gasteiger charge is -2.40. The maximum Gasteiger partial charge on any atom is 0.210 e. The lowest BCUT2D eigenvalue weighted by Crippen LogP contribution is -2.48. The Morgan fingerprint density at radius 3 is 2.46 bits per heavy atom. The van der Waals surface area contributed by atoms with Gasteiger partial charge in [-0.05, 0) is 56.7 Å². The minimum atomic E-state index is 0.0784. The molecule has 1 aromatic heterocycles. The molecule has 182 valence electrons. The summed E-state index contributed by atoms with van der Waals surface area (Å²) in [6.07, 6.45) is 3.17. The molecule has 1 aliphatic rings. The van der Waals surface area contributed by atoms with E-state index in [1.165, 1.54) is 32.9 Å². The summed E-state index contributed by atoms with van der Waals surface area (Å²) >= 11 is 0. The summed E-state index contributed by atoms with van der Waals surface area (Å²) in [4.78, 5) is 18.7. The Morgan fingerprint density at radius 1 is 0.886 bits per heavy atom. The second kappa shape index (κ2) is 10.6. The van der Waals surface area contributed by atoms with E-state index in [1.807, 2.05) is 4.90 Å². The van der Waals surface area contributed by atoms with Crippen LogP contribution in [0, 0.1) is 0 Å². The highest BCUT2D eigenvalue weighted by Crippen LogP contribution is 2.33. The van der Waals surface area contributed by atoms with Gasteiger partial charge < -0.3 is 14.4 Å². The third-order valence-corrected chi connectivity index (χ3v) is 7.37. The minimum absolute atomic E-state index is 0.0784. The number of piperazine rings is 1. The van der Waals surface area contributed by atoms with Gasteiger partial charge in [-0.1, -0.05) is 60.7 Å². The molecule has 0 N–H and O–H groups in total. The van der Waals surface area contributed by atoms with Gasteiger partial charge in [-0.3, -0.25) is 9.69 Å². The lowest BCUT2D eigenvalue weighted by atomic mass is 10.0. The average molecular weight is 469 g/mol. The zero-order chi connectivity index (χ0) is 24.2. The molecule has 1 aliphatic heterocycles. The summed E-state index contributed by atoms with van der Waals surface area (Å²) in [5.41, 5.74) is 5.16. The molecule has 0 saturated carbocycles. The molecule has 1 unspecified atom stereocenters. The average Bonchev–Trinajstić information content (AvgIpc) is 3.20. The molecular weight excluding hydrogens is 432 g/mol. The number of aryl methyl sites for hydroxylation is 1. The van der Waals surface area contributed by atoms with Gasteiger partial charge >= 0.3 is 0 Å². The van der Waals surface area contributed by atoms with Crippen LogP contribution in [-0.4, -0.2) is 72.5 Å². The van der Waals surface area contributed by atoms with Crippen LogP contribution in [0.15, 0.2) is 72.8 Å². The van der Waals surface area contributed by atoms with Crippen molar-refractivity contribution >= 4 is 28.2 Å². The quantitative estimate of drug-likeness (QED) is 0.331. The number of carbonyl (C=O) groups excluding carboxylic acids is 1. The normalized spacial score (nSPS) is 17.0. The van der Waals surface area contributed by atoms with Crippen LogP contribution in [0.4, 0.5) is 0 Å². The largest absolute Gasteiger partial charge is 0.340 e. The third-order valence-electron chi connectivity index (χ3n) is 7.37. The molecule has 2 heterocycles. The van der Waals surface area contributed by atoms with Crippen molar-refractivity contribution in [2.45, 2.75) is 25.4 Å². The number of aromatic nitrogens is 1. The minimum Gasteiger partial charge on any atom is -0.340 e. The van der Waals surface area contributed by atoms with Gasteiger partial charge in [-0.15, -0.1) is 0 Å². The van der Waals surface area contributed by atoms with E-state index in [1.54, 1.807) is 0 Å².